The first-order chi connectivity index (χ1) is 10.0. The summed E-state index contributed by atoms with van der Waals surface area (Å²) in [5.41, 5.74) is 1.35. The molecule has 0 unspecified atom stereocenters. The van der Waals surface area contributed by atoms with E-state index in [2.05, 4.69) is 26.6 Å². The highest BCUT2D eigenvalue weighted by Gasteiger charge is 2.08. The van der Waals surface area contributed by atoms with E-state index in [1.165, 1.54) is 0 Å². The normalized spacial score (nSPS) is 10.3. The second kappa shape index (κ2) is 7.13. The molecule has 0 aliphatic rings. The predicted octanol–water partition coefficient (Wildman–Crippen LogP) is 4.88. The highest BCUT2D eigenvalue weighted by molar-refractivity contribution is 9.10. The standard InChI is InChI=1S/C16H17BrN2O2/c1-11(2)21-15-9-4-3-8-14(15)19-16(20)18-13-7-5-6-12(17)10-13/h3-11H,1-2H3,(H2,18,19,20). The number of urea groups is 1. The minimum atomic E-state index is -0.312. The average molecular weight is 349 g/mol. The van der Waals surface area contributed by atoms with Crippen LogP contribution in [0.2, 0.25) is 0 Å². The van der Waals surface area contributed by atoms with E-state index in [9.17, 15) is 4.79 Å². The Hall–Kier alpha value is -2.01. The summed E-state index contributed by atoms with van der Waals surface area (Å²) in [4.78, 5) is 12.0. The molecule has 0 bridgehead atoms. The number of hydrogen-bond acceptors (Lipinski definition) is 2. The Labute approximate surface area is 132 Å². The van der Waals surface area contributed by atoms with Gasteiger partial charge >= 0.3 is 6.03 Å². The van der Waals surface area contributed by atoms with Crippen molar-refractivity contribution in [2.45, 2.75) is 20.0 Å². The fraction of sp³-hybridized carbons (Fsp3) is 0.188. The van der Waals surface area contributed by atoms with Crippen LogP contribution in [-0.2, 0) is 0 Å². The van der Waals surface area contributed by atoms with Gasteiger partial charge in [0.05, 0.1) is 11.8 Å². The molecule has 0 saturated carbocycles. The minimum absolute atomic E-state index is 0.0427. The zero-order valence-corrected chi connectivity index (χ0v) is 13.5. The highest BCUT2D eigenvalue weighted by atomic mass is 79.9. The summed E-state index contributed by atoms with van der Waals surface area (Å²) >= 11 is 3.37. The molecule has 2 N–H and O–H groups in total. The van der Waals surface area contributed by atoms with Crippen molar-refractivity contribution in [3.8, 4) is 5.75 Å². The van der Waals surface area contributed by atoms with Gasteiger partial charge in [-0.05, 0) is 44.2 Å². The van der Waals surface area contributed by atoms with E-state index in [4.69, 9.17) is 4.74 Å². The molecule has 21 heavy (non-hydrogen) atoms. The third-order valence-electron chi connectivity index (χ3n) is 2.58. The molecular formula is C16H17BrN2O2. The van der Waals surface area contributed by atoms with E-state index in [0.717, 1.165) is 4.47 Å². The topological polar surface area (TPSA) is 50.4 Å². The van der Waals surface area contributed by atoms with Crippen LogP contribution >= 0.6 is 15.9 Å². The summed E-state index contributed by atoms with van der Waals surface area (Å²) in [6.45, 7) is 3.89. The molecule has 2 amide bonds. The number of rotatable bonds is 4. The number of nitrogens with one attached hydrogen (secondary N) is 2. The Morgan fingerprint density at radius 2 is 1.86 bits per heavy atom. The lowest BCUT2D eigenvalue weighted by Crippen LogP contribution is -2.20. The molecule has 2 rings (SSSR count). The van der Waals surface area contributed by atoms with Crippen LogP contribution in [0.5, 0.6) is 5.75 Å². The van der Waals surface area contributed by atoms with Crippen molar-refractivity contribution >= 4 is 33.3 Å². The number of amides is 2. The van der Waals surface area contributed by atoms with Gasteiger partial charge in [0.25, 0.3) is 0 Å². The third-order valence-corrected chi connectivity index (χ3v) is 3.07. The van der Waals surface area contributed by atoms with Crippen molar-refractivity contribution in [1.82, 2.24) is 0 Å². The zero-order chi connectivity index (χ0) is 15.2. The molecule has 0 fully saturated rings. The SMILES string of the molecule is CC(C)Oc1ccccc1NC(=O)Nc1cccc(Br)c1. The molecule has 0 spiro atoms. The van der Waals surface area contributed by atoms with Gasteiger partial charge in [0.15, 0.2) is 0 Å². The highest BCUT2D eigenvalue weighted by Crippen LogP contribution is 2.25. The van der Waals surface area contributed by atoms with Crippen LogP contribution in [0, 0.1) is 0 Å². The fourth-order valence-corrected chi connectivity index (χ4v) is 2.18. The Kier molecular flexibility index (Phi) is 5.22. The van der Waals surface area contributed by atoms with E-state index in [0.29, 0.717) is 17.1 Å². The average Bonchev–Trinajstić information content (AvgIpc) is 2.40. The zero-order valence-electron chi connectivity index (χ0n) is 11.9. The summed E-state index contributed by atoms with van der Waals surface area (Å²) in [5, 5.41) is 5.57. The quantitative estimate of drug-likeness (QED) is 0.827. The second-order valence-electron chi connectivity index (χ2n) is 4.75. The van der Waals surface area contributed by atoms with Gasteiger partial charge in [-0.1, -0.05) is 34.1 Å². The van der Waals surface area contributed by atoms with Crippen LogP contribution in [0.4, 0.5) is 16.2 Å². The molecule has 110 valence electrons. The first kappa shape index (κ1) is 15.4. The van der Waals surface area contributed by atoms with Crippen LogP contribution in [0.25, 0.3) is 0 Å². The molecule has 0 saturated heterocycles. The molecule has 0 aliphatic heterocycles. The van der Waals surface area contributed by atoms with Gasteiger partial charge in [-0.3, -0.25) is 0 Å². The molecule has 0 atom stereocenters. The lowest BCUT2D eigenvalue weighted by Gasteiger charge is -2.15. The lowest BCUT2D eigenvalue weighted by molar-refractivity contribution is 0.243. The van der Waals surface area contributed by atoms with Crippen molar-refractivity contribution in [1.29, 1.82) is 0 Å². The first-order valence-corrected chi connectivity index (χ1v) is 7.43. The van der Waals surface area contributed by atoms with E-state index < -0.39 is 0 Å². The van der Waals surface area contributed by atoms with Crippen LogP contribution in [0.3, 0.4) is 0 Å². The monoisotopic (exact) mass is 348 g/mol. The van der Waals surface area contributed by atoms with E-state index >= 15 is 0 Å². The van der Waals surface area contributed by atoms with Crippen LogP contribution in [-0.4, -0.2) is 12.1 Å². The fourth-order valence-electron chi connectivity index (χ4n) is 1.78. The van der Waals surface area contributed by atoms with Crippen LogP contribution in [0.1, 0.15) is 13.8 Å². The Bertz CT molecular complexity index is 629. The number of anilines is 2. The Morgan fingerprint density at radius 3 is 2.57 bits per heavy atom. The molecule has 0 heterocycles. The summed E-state index contributed by atoms with van der Waals surface area (Å²) in [7, 11) is 0. The maximum atomic E-state index is 12.0. The first-order valence-electron chi connectivity index (χ1n) is 6.64. The summed E-state index contributed by atoms with van der Waals surface area (Å²) < 4.78 is 6.57. The predicted molar refractivity (Wildman–Crippen MR) is 89.0 cm³/mol. The van der Waals surface area contributed by atoms with Crippen molar-refractivity contribution in [2.75, 3.05) is 10.6 Å². The van der Waals surface area contributed by atoms with Crippen molar-refractivity contribution in [3.05, 3.63) is 53.0 Å². The smallest absolute Gasteiger partial charge is 0.323 e. The molecule has 2 aromatic rings. The van der Waals surface area contributed by atoms with E-state index in [1.54, 1.807) is 6.07 Å². The van der Waals surface area contributed by atoms with E-state index in [1.807, 2.05) is 56.3 Å². The minimum Gasteiger partial charge on any atom is -0.489 e. The van der Waals surface area contributed by atoms with Crippen molar-refractivity contribution in [2.24, 2.45) is 0 Å². The number of benzene rings is 2. The maximum absolute atomic E-state index is 12.0. The number of hydrogen-bond donors (Lipinski definition) is 2. The molecule has 5 heteroatoms. The molecule has 4 nitrogen and oxygen atoms in total. The number of carbonyl (C=O) groups is 1. The number of ether oxygens (including phenoxy) is 1. The summed E-state index contributed by atoms with van der Waals surface area (Å²) in [6, 6.07) is 14.4. The Balaban J connectivity index is 2.06. The van der Waals surface area contributed by atoms with Crippen LogP contribution in [0.15, 0.2) is 53.0 Å². The van der Waals surface area contributed by atoms with Gasteiger partial charge in [0, 0.05) is 10.2 Å². The summed E-state index contributed by atoms with van der Waals surface area (Å²) in [5.74, 6) is 0.650. The Morgan fingerprint density at radius 1 is 1.10 bits per heavy atom. The van der Waals surface area contributed by atoms with Crippen LogP contribution < -0.4 is 15.4 Å². The van der Waals surface area contributed by atoms with Gasteiger partial charge in [-0.15, -0.1) is 0 Å². The number of halogens is 1. The largest absolute Gasteiger partial charge is 0.489 e. The lowest BCUT2D eigenvalue weighted by atomic mass is 10.3. The van der Waals surface area contributed by atoms with Gasteiger partial charge in [-0.2, -0.15) is 0 Å². The van der Waals surface area contributed by atoms with E-state index in [-0.39, 0.29) is 12.1 Å². The summed E-state index contributed by atoms with van der Waals surface area (Å²) in [6.07, 6.45) is 0.0427. The van der Waals surface area contributed by atoms with Crippen molar-refractivity contribution < 1.29 is 9.53 Å². The molecule has 0 radical (unpaired) electrons. The number of carbonyl (C=O) groups excluding carboxylic acids is 1. The van der Waals surface area contributed by atoms with Crippen molar-refractivity contribution in [3.63, 3.8) is 0 Å². The third kappa shape index (κ3) is 4.79. The molecule has 0 aromatic heterocycles. The maximum Gasteiger partial charge on any atom is 0.323 e. The number of para-hydroxylation sites is 2. The molecule has 2 aromatic carbocycles. The molecule has 0 aliphatic carbocycles. The van der Waals surface area contributed by atoms with Gasteiger partial charge < -0.3 is 15.4 Å². The van der Waals surface area contributed by atoms with Gasteiger partial charge in [-0.25, -0.2) is 4.79 Å². The second-order valence-corrected chi connectivity index (χ2v) is 5.67. The van der Waals surface area contributed by atoms with Gasteiger partial charge in [0.2, 0.25) is 0 Å². The molecular weight excluding hydrogens is 332 g/mol. The van der Waals surface area contributed by atoms with Gasteiger partial charge in [0.1, 0.15) is 5.75 Å².